The summed E-state index contributed by atoms with van der Waals surface area (Å²) in [6.45, 7) is 2.23. The van der Waals surface area contributed by atoms with Crippen LogP contribution in [0.3, 0.4) is 0 Å². The predicted molar refractivity (Wildman–Crippen MR) is 101 cm³/mol. The maximum atomic E-state index is 6.08. The van der Waals surface area contributed by atoms with Crippen molar-refractivity contribution < 1.29 is 0 Å². The maximum absolute atomic E-state index is 6.08. The smallest absolute Gasteiger partial charge is 0.0834 e. The van der Waals surface area contributed by atoms with Gasteiger partial charge < -0.3 is 0 Å². The fraction of sp³-hybridized carbons (Fsp3) is 1.00. The summed E-state index contributed by atoms with van der Waals surface area (Å²) in [6, 6.07) is 0. The molecule has 0 aliphatic heterocycles. The number of rotatable bonds is 9. The van der Waals surface area contributed by atoms with Gasteiger partial charge in [-0.15, -0.1) is 0 Å². The summed E-state index contributed by atoms with van der Waals surface area (Å²) >= 11 is 28.7. The van der Waals surface area contributed by atoms with Crippen LogP contribution < -0.4 is 0 Å². The normalized spacial score (nSPS) is 14.7. The summed E-state index contributed by atoms with van der Waals surface area (Å²) in [6.07, 6.45) is 10.3. The standard InChI is InChI=1S/C13H22Br3Cl3/c1-2-3-4-5-6-7-8-11(13(17,18)19)9-10-12(14,15)16/h11H,2-10H2,1H3. The number of alkyl halides is 6. The van der Waals surface area contributed by atoms with Crippen LogP contribution in [0.15, 0.2) is 0 Å². The first-order valence-electron chi connectivity index (χ1n) is 6.80. The van der Waals surface area contributed by atoms with E-state index in [1.54, 1.807) is 0 Å². The van der Waals surface area contributed by atoms with E-state index in [0.29, 0.717) is 0 Å². The summed E-state index contributed by atoms with van der Waals surface area (Å²) in [7, 11) is 0. The molecule has 0 aliphatic rings. The summed E-state index contributed by atoms with van der Waals surface area (Å²) < 4.78 is -1.41. The molecule has 0 nitrogen and oxygen atoms in total. The highest BCUT2D eigenvalue weighted by atomic mass is 80.0. The van der Waals surface area contributed by atoms with Crippen molar-refractivity contribution in [2.45, 2.75) is 70.6 Å². The van der Waals surface area contributed by atoms with Gasteiger partial charge >= 0.3 is 0 Å². The van der Waals surface area contributed by atoms with Crippen LogP contribution in [0.5, 0.6) is 0 Å². The second-order valence-electron chi connectivity index (χ2n) is 4.95. The Kier molecular flexibility index (Phi) is 12.3. The van der Waals surface area contributed by atoms with E-state index in [1.165, 1.54) is 32.1 Å². The second kappa shape index (κ2) is 10.9. The lowest BCUT2D eigenvalue weighted by Crippen LogP contribution is -2.21. The first-order valence-corrected chi connectivity index (χ1v) is 10.3. The Hall–Kier alpha value is 2.31. The minimum absolute atomic E-state index is 0.107. The summed E-state index contributed by atoms with van der Waals surface area (Å²) in [5.74, 6) is 0.107. The number of halogens is 6. The summed E-state index contributed by atoms with van der Waals surface area (Å²) in [4.78, 5) is 0. The minimum Gasteiger partial charge on any atom is -0.0834 e. The van der Waals surface area contributed by atoms with E-state index in [-0.39, 0.29) is 8.06 Å². The van der Waals surface area contributed by atoms with Crippen LogP contribution in [0.2, 0.25) is 0 Å². The quantitative estimate of drug-likeness (QED) is 0.210. The van der Waals surface area contributed by atoms with Gasteiger partial charge in [-0.3, -0.25) is 0 Å². The lowest BCUT2D eigenvalue weighted by molar-refractivity contribution is 0.423. The fourth-order valence-electron chi connectivity index (χ4n) is 1.98. The topological polar surface area (TPSA) is 0 Å². The molecule has 116 valence electrons. The molecule has 19 heavy (non-hydrogen) atoms. The molecule has 0 fully saturated rings. The van der Waals surface area contributed by atoms with Gasteiger partial charge in [-0.25, -0.2) is 0 Å². The number of hydrogen-bond acceptors (Lipinski definition) is 0. The van der Waals surface area contributed by atoms with E-state index in [1.807, 2.05) is 0 Å². The molecule has 0 heterocycles. The van der Waals surface area contributed by atoms with Crippen LogP contribution in [-0.2, 0) is 0 Å². The monoisotopic (exact) mass is 520 g/mol. The predicted octanol–water partition coefficient (Wildman–Crippen LogP) is 8.34. The van der Waals surface area contributed by atoms with Crippen molar-refractivity contribution in [2.24, 2.45) is 5.92 Å². The van der Waals surface area contributed by atoms with Crippen molar-refractivity contribution in [1.82, 2.24) is 0 Å². The van der Waals surface area contributed by atoms with Gasteiger partial charge in [0.1, 0.15) is 2.14 Å². The Morgan fingerprint density at radius 1 is 0.842 bits per heavy atom. The first-order chi connectivity index (χ1) is 8.67. The van der Waals surface area contributed by atoms with E-state index in [4.69, 9.17) is 34.8 Å². The van der Waals surface area contributed by atoms with Crippen LogP contribution in [-0.4, -0.2) is 5.94 Å². The molecule has 0 aliphatic carbocycles. The Morgan fingerprint density at radius 3 is 1.84 bits per heavy atom. The highest BCUT2D eigenvalue weighted by Crippen LogP contribution is 2.45. The van der Waals surface area contributed by atoms with E-state index >= 15 is 0 Å². The first kappa shape index (κ1) is 21.3. The Balaban J connectivity index is 3.95. The molecule has 0 aromatic carbocycles. The average Bonchev–Trinajstić information content (AvgIpc) is 2.23. The van der Waals surface area contributed by atoms with Gasteiger partial charge in [0.15, 0.2) is 3.79 Å². The number of unbranched alkanes of at least 4 members (excludes halogenated alkanes) is 5. The van der Waals surface area contributed by atoms with Crippen molar-refractivity contribution in [3.63, 3.8) is 0 Å². The molecule has 0 spiro atoms. The van der Waals surface area contributed by atoms with Gasteiger partial charge in [0.2, 0.25) is 0 Å². The zero-order valence-electron chi connectivity index (χ0n) is 11.2. The Morgan fingerprint density at radius 2 is 1.37 bits per heavy atom. The van der Waals surface area contributed by atoms with E-state index in [0.717, 1.165) is 25.7 Å². The molecule has 0 bridgehead atoms. The van der Waals surface area contributed by atoms with Gasteiger partial charge in [-0.1, -0.05) is 128 Å². The van der Waals surface area contributed by atoms with Crippen molar-refractivity contribution in [3.8, 4) is 0 Å². The van der Waals surface area contributed by atoms with Crippen LogP contribution in [0.4, 0.5) is 0 Å². The molecule has 0 N–H and O–H groups in total. The van der Waals surface area contributed by atoms with Gasteiger partial charge in [-0.05, 0) is 19.3 Å². The molecule has 0 amide bonds. The minimum atomic E-state index is -1.17. The molecular formula is C13H22Br3Cl3. The lowest BCUT2D eigenvalue weighted by atomic mass is 9.97. The molecule has 0 saturated heterocycles. The molecular weight excluding hydrogens is 502 g/mol. The summed E-state index contributed by atoms with van der Waals surface area (Å²) in [5.41, 5.74) is 0. The third kappa shape index (κ3) is 13.7. The molecule has 0 aromatic heterocycles. The van der Waals surface area contributed by atoms with Gasteiger partial charge in [0.05, 0.1) is 0 Å². The molecule has 1 atom stereocenters. The van der Waals surface area contributed by atoms with Crippen molar-refractivity contribution >= 4 is 82.6 Å². The zero-order valence-corrected chi connectivity index (χ0v) is 18.2. The third-order valence-electron chi connectivity index (χ3n) is 3.15. The summed E-state index contributed by atoms with van der Waals surface area (Å²) in [5, 5.41) is 0. The van der Waals surface area contributed by atoms with Crippen LogP contribution >= 0.6 is 82.6 Å². The fourth-order valence-corrected chi connectivity index (χ4v) is 3.32. The molecule has 0 saturated carbocycles. The molecule has 0 radical (unpaired) electrons. The average molecular weight is 524 g/mol. The highest BCUT2D eigenvalue weighted by molar-refractivity contribution is 9.39. The van der Waals surface area contributed by atoms with Crippen LogP contribution in [0.25, 0.3) is 0 Å². The van der Waals surface area contributed by atoms with Gasteiger partial charge in [0, 0.05) is 5.92 Å². The van der Waals surface area contributed by atoms with Crippen molar-refractivity contribution in [3.05, 3.63) is 0 Å². The number of hydrogen-bond donors (Lipinski definition) is 0. The lowest BCUT2D eigenvalue weighted by Gasteiger charge is -2.26. The van der Waals surface area contributed by atoms with Gasteiger partial charge in [0.25, 0.3) is 0 Å². The van der Waals surface area contributed by atoms with E-state index in [9.17, 15) is 0 Å². The molecule has 0 aromatic rings. The van der Waals surface area contributed by atoms with Crippen LogP contribution in [0, 0.1) is 5.92 Å². The third-order valence-corrected chi connectivity index (χ3v) is 5.26. The van der Waals surface area contributed by atoms with E-state index in [2.05, 4.69) is 54.7 Å². The van der Waals surface area contributed by atoms with Gasteiger partial charge in [-0.2, -0.15) is 0 Å². The van der Waals surface area contributed by atoms with E-state index < -0.39 is 3.79 Å². The maximum Gasteiger partial charge on any atom is 0.193 e. The molecule has 1 unspecified atom stereocenters. The van der Waals surface area contributed by atoms with Crippen molar-refractivity contribution in [2.75, 3.05) is 0 Å². The largest absolute Gasteiger partial charge is 0.193 e. The highest BCUT2D eigenvalue weighted by Gasteiger charge is 2.33. The zero-order chi connectivity index (χ0) is 14.9. The Labute approximate surface area is 158 Å². The second-order valence-corrected chi connectivity index (χ2v) is 14.6. The van der Waals surface area contributed by atoms with Crippen LogP contribution in [0.1, 0.15) is 64.7 Å². The Bertz CT molecular complexity index is 224. The molecule has 6 heteroatoms. The SMILES string of the molecule is CCCCCCCCC(CCC(Br)(Br)Br)C(Cl)(Cl)Cl. The molecule has 0 rings (SSSR count). The van der Waals surface area contributed by atoms with Crippen molar-refractivity contribution in [1.29, 1.82) is 0 Å².